The number of rotatable bonds is 4. The van der Waals surface area contributed by atoms with Gasteiger partial charge < -0.3 is 20.3 Å². The Morgan fingerprint density at radius 1 is 1.31 bits per heavy atom. The summed E-state index contributed by atoms with van der Waals surface area (Å²) in [5.41, 5.74) is 1.58. The van der Waals surface area contributed by atoms with Crippen LogP contribution in [0.1, 0.15) is 12.8 Å². The summed E-state index contributed by atoms with van der Waals surface area (Å²) in [5.74, 6) is 1.29. The quantitative estimate of drug-likeness (QED) is 0.676. The Bertz CT molecular complexity index is 1090. The number of halogens is 2. The van der Waals surface area contributed by atoms with Crippen LogP contribution in [0.25, 0.3) is 11.0 Å². The van der Waals surface area contributed by atoms with E-state index in [-0.39, 0.29) is 16.2 Å². The lowest BCUT2D eigenvalue weighted by atomic mass is 10.2. The SMILES string of the molecule is COc1cc2ncnc(Nc3cccc(Cl)c3F)c2nc1N1CCNC2(CC2)C1. The van der Waals surface area contributed by atoms with E-state index in [4.69, 9.17) is 21.3 Å². The predicted octanol–water partition coefficient (Wildman–Crippen LogP) is 3.51. The average Bonchev–Trinajstić information content (AvgIpc) is 3.48. The van der Waals surface area contributed by atoms with Gasteiger partial charge in [0.25, 0.3) is 0 Å². The third-order valence-electron chi connectivity index (χ3n) is 5.51. The van der Waals surface area contributed by atoms with Crippen molar-refractivity contribution in [1.29, 1.82) is 0 Å². The summed E-state index contributed by atoms with van der Waals surface area (Å²) in [6, 6.07) is 6.63. The molecule has 2 aliphatic rings. The Morgan fingerprint density at radius 2 is 2.17 bits per heavy atom. The van der Waals surface area contributed by atoms with Gasteiger partial charge in [0.1, 0.15) is 11.8 Å². The highest BCUT2D eigenvalue weighted by atomic mass is 35.5. The summed E-state index contributed by atoms with van der Waals surface area (Å²) in [7, 11) is 1.63. The van der Waals surface area contributed by atoms with Gasteiger partial charge in [0.2, 0.25) is 0 Å². The van der Waals surface area contributed by atoms with Gasteiger partial charge in [-0.25, -0.2) is 19.3 Å². The Hall–Kier alpha value is -2.71. The molecule has 5 rings (SSSR count). The topological polar surface area (TPSA) is 75.2 Å². The van der Waals surface area contributed by atoms with Crippen molar-refractivity contribution in [3.05, 3.63) is 41.4 Å². The van der Waals surface area contributed by atoms with Crippen molar-refractivity contribution in [1.82, 2.24) is 20.3 Å². The number of fused-ring (bicyclic) bond motifs is 1. The smallest absolute Gasteiger partial charge is 0.172 e. The molecule has 1 aliphatic carbocycles. The predicted molar refractivity (Wildman–Crippen MR) is 111 cm³/mol. The minimum atomic E-state index is -0.535. The first-order valence-electron chi connectivity index (χ1n) is 9.49. The van der Waals surface area contributed by atoms with Crippen LogP contribution in [0, 0.1) is 5.82 Å². The molecular formula is C20H20ClFN6O. The largest absolute Gasteiger partial charge is 0.493 e. The van der Waals surface area contributed by atoms with Crippen LogP contribution in [-0.4, -0.2) is 47.2 Å². The van der Waals surface area contributed by atoms with E-state index in [1.807, 2.05) is 6.07 Å². The zero-order chi connectivity index (χ0) is 20.0. The van der Waals surface area contributed by atoms with Gasteiger partial charge in [-0.1, -0.05) is 17.7 Å². The number of anilines is 3. The second-order valence-corrected chi connectivity index (χ2v) is 7.87. The molecule has 3 aromatic rings. The molecule has 0 radical (unpaired) electrons. The Morgan fingerprint density at radius 3 is 2.97 bits per heavy atom. The molecule has 0 atom stereocenters. The fraction of sp³-hybridized carbons (Fsp3) is 0.350. The lowest BCUT2D eigenvalue weighted by Crippen LogP contribution is -2.52. The molecule has 1 saturated heterocycles. The molecule has 1 aliphatic heterocycles. The fourth-order valence-corrected chi connectivity index (χ4v) is 3.95. The van der Waals surface area contributed by atoms with E-state index in [0.29, 0.717) is 22.6 Å². The number of aromatic nitrogens is 3. The lowest BCUT2D eigenvalue weighted by Gasteiger charge is -2.35. The van der Waals surface area contributed by atoms with Crippen molar-refractivity contribution in [2.45, 2.75) is 18.4 Å². The highest BCUT2D eigenvalue weighted by Crippen LogP contribution is 2.41. The molecule has 0 unspecified atom stereocenters. The Balaban J connectivity index is 1.58. The van der Waals surface area contributed by atoms with Crippen molar-refractivity contribution in [3.8, 4) is 5.75 Å². The van der Waals surface area contributed by atoms with Gasteiger partial charge in [0.15, 0.2) is 23.2 Å². The summed E-state index contributed by atoms with van der Waals surface area (Å²) >= 11 is 5.90. The van der Waals surface area contributed by atoms with Gasteiger partial charge in [-0.3, -0.25) is 0 Å². The van der Waals surface area contributed by atoms with Crippen LogP contribution in [-0.2, 0) is 0 Å². The third kappa shape index (κ3) is 3.32. The number of hydrogen-bond acceptors (Lipinski definition) is 7. The molecule has 2 aromatic heterocycles. The molecule has 2 N–H and O–H groups in total. The molecule has 1 spiro atoms. The van der Waals surface area contributed by atoms with Crippen LogP contribution in [0.3, 0.4) is 0 Å². The fourth-order valence-electron chi connectivity index (χ4n) is 3.78. The summed E-state index contributed by atoms with van der Waals surface area (Å²) < 4.78 is 20.0. The van der Waals surface area contributed by atoms with E-state index in [0.717, 1.165) is 25.5 Å². The molecule has 29 heavy (non-hydrogen) atoms. The van der Waals surface area contributed by atoms with Gasteiger partial charge in [0, 0.05) is 31.2 Å². The molecule has 0 amide bonds. The minimum absolute atomic E-state index is 0.0410. The summed E-state index contributed by atoms with van der Waals surface area (Å²) in [6.07, 6.45) is 3.75. The number of ether oxygens (including phenoxy) is 1. The normalized spacial score (nSPS) is 17.6. The molecule has 1 saturated carbocycles. The zero-order valence-electron chi connectivity index (χ0n) is 15.9. The van der Waals surface area contributed by atoms with E-state index in [1.54, 1.807) is 19.2 Å². The maximum Gasteiger partial charge on any atom is 0.172 e. The van der Waals surface area contributed by atoms with Gasteiger partial charge in [0.05, 0.1) is 23.3 Å². The first kappa shape index (κ1) is 18.3. The lowest BCUT2D eigenvalue weighted by molar-refractivity contribution is 0.402. The Labute approximate surface area is 172 Å². The summed E-state index contributed by atoms with van der Waals surface area (Å²) in [5, 5.41) is 6.65. The zero-order valence-corrected chi connectivity index (χ0v) is 16.6. The highest BCUT2D eigenvalue weighted by molar-refractivity contribution is 6.31. The van der Waals surface area contributed by atoms with E-state index in [1.165, 1.54) is 25.2 Å². The van der Waals surface area contributed by atoms with Gasteiger partial charge in [-0.2, -0.15) is 0 Å². The maximum absolute atomic E-state index is 14.4. The number of nitrogens with zero attached hydrogens (tertiary/aromatic N) is 4. The summed E-state index contributed by atoms with van der Waals surface area (Å²) in [4.78, 5) is 15.7. The Kier molecular flexibility index (Phi) is 4.40. The van der Waals surface area contributed by atoms with Crippen molar-refractivity contribution < 1.29 is 9.13 Å². The monoisotopic (exact) mass is 414 g/mol. The standard InChI is InChI=1S/C20H20ClFN6O/c1-29-15-9-14-17(27-19(15)28-8-7-25-20(10-28)5-6-20)18(24-11-23-14)26-13-4-2-3-12(21)16(13)22/h2-4,9,11,25H,5-8,10H2,1H3,(H,23,24,26). The molecule has 3 heterocycles. The molecule has 0 bridgehead atoms. The number of methoxy groups -OCH3 is 1. The van der Waals surface area contributed by atoms with Crippen molar-refractivity contribution in [2.75, 3.05) is 37.0 Å². The molecule has 1 aromatic carbocycles. The van der Waals surface area contributed by atoms with Gasteiger partial charge >= 0.3 is 0 Å². The van der Waals surface area contributed by atoms with Crippen LogP contribution in [0.15, 0.2) is 30.6 Å². The van der Waals surface area contributed by atoms with Crippen molar-refractivity contribution >= 4 is 40.0 Å². The van der Waals surface area contributed by atoms with Crippen LogP contribution < -0.4 is 20.3 Å². The highest BCUT2D eigenvalue weighted by Gasteiger charge is 2.46. The van der Waals surface area contributed by atoms with Crippen LogP contribution in [0.2, 0.25) is 5.02 Å². The number of pyridine rings is 1. The third-order valence-corrected chi connectivity index (χ3v) is 5.80. The number of benzene rings is 1. The second-order valence-electron chi connectivity index (χ2n) is 7.46. The van der Waals surface area contributed by atoms with E-state index >= 15 is 0 Å². The minimum Gasteiger partial charge on any atom is -0.493 e. The number of hydrogen-bond donors (Lipinski definition) is 2. The molecule has 9 heteroatoms. The van der Waals surface area contributed by atoms with E-state index < -0.39 is 5.82 Å². The molecule has 2 fully saturated rings. The first-order chi connectivity index (χ1) is 14.1. The van der Waals surface area contributed by atoms with Crippen LogP contribution in [0.4, 0.5) is 21.7 Å². The molecular weight excluding hydrogens is 395 g/mol. The number of piperazine rings is 1. The number of nitrogens with one attached hydrogen (secondary N) is 2. The maximum atomic E-state index is 14.4. The molecule has 7 nitrogen and oxygen atoms in total. The first-order valence-corrected chi connectivity index (χ1v) is 9.87. The van der Waals surface area contributed by atoms with Crippen LogP contribution in [0.5, 0.6) is 5.75 Å². The second kappa shape index (κ2) is 6.96. The van der Waals surface area contributed by atoms with Crippen molar-refractivity contribution in [3.63, 3.8) is 0 Å². The van der Waals surface area contributed by atoms with E-state index in [9.17, 15) is 4.39 Å². The van der Waals surface area contributed by atoms with Crippen LogP contribution >= 0.6 is 11.6 Å². The van der Waals surface area contributed by atoms with E-state index in [2.05, 4.69) is 25.5 Å². The molecule has 150 valence electrons. The van der Waals surface area contributed by atoms with Crippen molar-refractivity contribution in [2.24, 2.45) is 0 Å². The summed E-state index contributed by atoms with van der Waals surface area (Å²) in [6.45, 7) is 2.60. The van der Waals surface area contributed by atoms with Gasteiger partial charge in [-0.05, 0) is 25.0 Å². The average molecular weight is 415 g/mol. The van der Waals surface area contributed by atoms with Gasteiger partial charge in [-0.15, -0.1) is 0 Å².